The number of benzene rings is 2. The van der Waals surface area contributed by atoms with Gasteiger partial charge in [0.1, 0.15) is 11.4 Å². The summed E-state index contributed by atoms with van der Waals surface area (Å²) in [6.45, 7) is 4.31. The number of piperazine rings is 1. The van der Waals surface area contributed by atoms with Crippen LogP contribution in [0.25, 0.3) is 0 Å². The van der Waals surface area contributed by atoms with Crippen LogP contribution in [0, 0.1) is 6.92 Å². The van der Waals surface area contributed by atoms with Crippen molar-refractivity contribution in [2.24, 2.45) is 0 Å². The van der Waals surface area contributed by atoms with Crippen LogP contribution in [0.2, 0.25) is 0 Å². The molecule has 3 aromatic rings. The molecule has 32 heavy (non-hydrogen) atoms. The summed E-state index contributed by atoms with van der Waals surface area (Å²) in [4.78, 5) is 21.2. The van der Waals surface area contributed by atoms with E-state index in [1.54, 1.807) is 41.7 Å². The zero-order valence-corrected chi connectivity index (χ0v) is 19.4. The van der Waals surface area contributed by atoms with Crippen LogP contribution < -0.4 is 14.4 Å². The maximum atomic E-state index is 12.9. The highest BCUT2D eigenvalue weighted by molar-refractivity contribution is 7.93. The van der Waals surface area contributed by atoms with Gasteiger partial charge in [0.05, 0.1) is 17.7 Å². The molecule has 0 spiro atoms. The second kappa shape index (κ2) is 9.17. The Hall–Kier alpha value is -3.11. The molecule has 168 valence electrons. The van der Waals surface area contributed by atoms with Gasteiger partial charge in [0.2, 0.25) is 0 Å². The molecule has 2 aromatic carbocycles. The van der Waals surface area contributed by atoms with Crippen LogP contribution in [0.15, 0.2) is 58.8 Å². The highest BCUT2D eigenvalue weighted by Gasteiger charge is 2.26. The van der Waals surface area contributed by atoms with Crippen LogP contribution in [-0.4, -0.2) is 57.5 Å². The zero-order chi connectivity index (χ0) is 22.7. The minimum Gasteiger partial charge on any atom is -0.495 e. The van der Waals surface area contributed by atoms with Gasteiger partial charge in [0.25, 0.3) is 15.9 Å². The molecule has 1 fully saturated rings. The van der Waals surface area contributed by atoms with E-state index in [0.717, 1.165) is 28.3 Å². The molecule has 8 nitrogen and oxygen atoms in total. The van der Waals surface area contributed by atoms with E-state index >= 15 is 0 Å². The summed E-state index contributed by atoms with van der Waals surface area (Å²) in [5, 5.41) is 1.75. The van der Waals surface area contributed by atoms with Gasteiger partial charge in [-0.25, -0.2) is 13.4 Å². The standard InChI is InChI=1S/C22H24N4O4S2/c1-16-7-9-17(10-8-16)32(28,29)24-22-23-18(15-31-22)21(27)26-13-11-25(12-14-26)19-5-3-4-6-20(19)30-2/h3-10,15H,11-14H2,1-2H3,(H,23,24). The maximum absolute atomic E-state index is 12.9. The minimum absolute atomic E-state index is 0.152. The molecular weight excluding hydrogens is 448 g/mol. The molecule has 0 aliphatic carbocycles. The smallest absolute Gasteiger partial charge is 0.273 e. The van der Waals surface area contributed by atoms with E-state index in [4.69, 9.17) is 4.74 Å². The Morgan fingerprint density at radius 1 is 1.06 bits per heavy atom. The lowest BCUT2D eigenvalue weighted by Crippen LogP contribution is -2.49. The van der Waals surface area contributed by atoms with Crippen molar-refractivity contribution >= 4 is 38.1 Å². The predicted molar refractivity (Wildman–Crippen MR) is 125 cm³/mol. The monoisotopic (exact) mass is 472 g/mol. The molecule has 1 amide bonds. The summed E-state index contributed by atoms with van der Waals surface area (Å²) >= 11 is 1.09. The number of carbonyl (C=O) groups is 1. The predicted octanol–water partition coefficient (Wildman–Crippen LogP) is 3.22. The third-order valence-electron chi connectivity index (χ3n) is 5.27. The topological polar surface area (TPSA) is 91.8 Å². The normalized spacial score (nSPS) is 14.3. The molecule has 1 aromatic heterocycles. The van der Waals surface area contributed by atoms with Gasteiger partial charge >= 0.3 is 0 Å². The molecule has 0 radical (unpaired) electrons. The molecule has 0 unspecified atom stereocenters. The summed E-state index contributed by atoms with van der Waals surface area (Å²) in [5.41, 5.74) is 2.21. The Morgan fingerprint density at radius 3 is 2.44 bits per heavy atom. The van der Waals surface area contributed by atoms with Gasteiger partial charge in [-0.15, -0.1) is 11.3 Å². The summed E-state index contributed by atoms with van der Waals surface area (Å²) in [7, 11) is -2.11. The van der Waals surface area contributed by atoms with Crippen molar-refractivity contribution in [1.82, 2.24) is 9.88 Å². The molecule has 2 heterocycles. The first-order chi connectivity index (χ1) is 15.4. The Bertz CT molecular complexity index is 1200. The average Bonchev–Trinajstić information content (AvgIpc) is 3.26. The second-order valence-corrected chi connectivity index (χ2v) is 9.95. The van der Waals surface area contributed by atoms with Crippen molar-refractivity contribution in [1.29, 1.82) is 0 Å². The molecule has 1 saturated heterocycles. The number of hydrogen-bond donors (Lipinski definition) is 1. The van der Waals surface area contributed by atoms with Gasteiger partial charge in [0.15, 0.2) is 5.13 Å². The molecule has 0 atom stereocenters. The van der Waals surface area contributed by atoms with Gasteiger partial charge in [-0.05, 0) is 31.2 Å². The number of ether oxygens (including phenoxy) is 1. The van der Waals surface area contributed by atoms with E-state index in [1.165, 1.54) is 0 Å². The number of sulfonamides is 1. The number of para-hydroxylation sites is 2. The van der Waals surface area contributed by atoms with Crippen LogP contribution in [0.3, 0.4) is 0 Å². The molecular formula is C22H24N4O4S2. The van der Waals surface area contributed by atoms with Gasteiger partial charge in [0, 0.05) is 31.6 Å². The first-order valence-corrected chi connectivity index (χ1v) is 12.5. The molecule has 0 saturated carbocycles. The highest BCUT2D eigenvalue weighted by Crippen LogP contribution is 2.29. The zero-order valence-electron chi connectivity index (χ0n) is 17.8. The average molecular weight is 473 g/mol. The number of hydrogen-bond acceptors (Lipinski definition) is 7. The van der Waals surface area contributed by atoms with Gasteiger partial charge in [-0.1, -0.05) is 29.8 Å². The van der Waals surface area contributed by atoms with Crippen LogP contribution in [0.1, 0.15) is 16.1 Å². The number of rotatable bonds is 6. The van der Waals surface area contributed by atoms with E-state index in [-0.39, 0.29) is 21.6 Å². The number of aromatic nitrogens is 1. The third-order valence-corrected chi connectivity index (χ3v) is 7.51. The number of anilines is 2. The fourth-order valence-corrected chi connectivity index (χ4v) is 5.45. The maximum Gasteiger partial charge on any atom is 0.273 e. The first-order valence-electron chi connectivity index (χ1n) is 10.1. The lowest BCUT2D eigenvalue weighted by molar-refractivity contribution is 0.0741. The van der Waals surface area contributed by atoms with Crippen LogP contribution in [0.5, 0.6) is 5.75 Å². The van der Waals surface area contributed by atoms with Crippen LogP contribution in [-0.2, 0) is 10.0 Å². The van der Waals surface area contributed by atoms with Crippen molar-refractivity contribution in [2.75, 3.05) is 42.9 Å². The fraction of sp³-hybridized carbons (Fsp3) is 0.273. The molecule has 0 bridgehead atoms. The summed E-state index contributed by atoms with van der Waals surface area (Å²) in [6, 6.07) is 14.4. The second-order valence-electron chi connectivity index (χ2n) is 7.41. The van der Waals surface area contributed by atoms with Gasteiger partial charge in [-0.2, -0.15) is 0 Å². The van der Waals surface area contributed by atoms with Crippen molar-refractivity contribution in [3.05, 3.63) is 65.2 Å². The Balaban J connectivity index is 1.39. The number of aryl methyl sites for hydroxylation is 1. The van der Waals surface area contributed by atoms with Crippen LogP contribution in [0.4, 0.5) is 10.8 Å². The fourth-order valence-electron chi connectivity index (χ4n) is 3.51. The lowest BCUT2D eigenvalue weighted by Gasteiger charge is -2.36. The molecule has 10 heteroatoms. The molecule has 1 aliphatic heterocycles. The van der Waals surface area contributed by atoms with E-state index in [1.807, 2.05) is 31.2 Å². The molecule has 1 aliphatic rings. The van der Waals surface area contributed by atoms with Crippen molar-refractivity contribution < 1.29 is 17.9 Å². The Labute approximate surface area is 191 Å². The van der Waals surface area contributed by atoms with E-state index < -0.39 is 10.0 Å². The summed E-state index contributed by atoms with van der Waals surface area (Å²) in [6.07, 6.45) is 0. The minimum atomic E-state index is -3.76. The van der Waals surface area contributed by atoms with E-state index in [9.17, 15) is 13.2 Å². The van der Waals surface area contributed by atoms with Crippen LogP contribution >= 0.6 is 11.3 Å². The number of nitrogens with zero attached hydrogens (tertiary/aromatic N) is 3. The van der Waals surface area contributed by atoms with Crippen molar-refractivity contribution in [3.8, 4) is 5.75 Å². The number of carbonyl (C=O) groups excluding carboxylic acids is 1. The largest absolute Gasteiger partial charge is 0.495 e. The lowest BCUT2D eigenvalue weighted by atomic mass is 10.2. The molecule has 4 rings (SSSR count). The molecule has 1 N–H and O–H groups in total. The first kappa shape index (κ1) is 22.1. The highest BCUT2D eigenvalue weighted by atomic mass is 32.2. The quantitative estimate of drug-likeness (QED) is 0.592. The summed E-state index contributed by atoms with van der Waals surface area (Å²) < 4.78 is 33.0. The Morgan fingerprint density at radius 2 is 1.75 bits per heavy atom. The summed E-state index contributed by atoms with van der Waals surface area (Å²) in [5.74, 6) is 0.596. The van der Waals surface area contributed by atoms with Gasteiger partial charge < -0.3 is 14.5 Å². The third kappa shape index (κ3) is 4.71. The number of methoxy groups -OCH3 is 1. The Kier molecular flexibility index (Phi) is 6.33. The van der Waals surface area contributed by atoms with Crippen molar-refractivity contribution in [3.63, 3.8) is 0 Å². The number of thiazole rings is 1. The van der Waals surface area contributed by atoms with E-state index in [0.29, 0.717) is 26.2 Å². The SMILES string of the molecule is COc1ccccc1N1CCN(C(=O)c2csc(NS(=O)(=O)c3ccc(C)cc3)n2)CC1. The number of nitrogens with one attached hydrogen (secondary N) is 1. The number of amides is 1. The van der Waals surface area contributed by atoms with E-state index in [2.05, 4.69) is 14.6 Å². The van der Waals surface area contributed by atoms with Crippen molar-refractivity contribution in [2.45, 2.75) is 11.8 Å². The van der Waals surface area contributed by atoms with Gasteiger partial charge in [-0.3, -0.25) is 9.52 Å².